The summed E-state index contributed by atoms with van der Waals surface area (Å²) in [5, 5.41) is 11.3. The summed E-state index contributed by atoms with van der Waals surface area (Å²) in [5.41, 5.74) is 5.29. The van der Waals surface area contributed by atoms with Crippen LogP contribution in [0.15, 0.2) is 18.2 Å². The molecule has 0 fully saturated rings. The normalized spacial score (nSPS) is 9.86. The van der Waals surface area contributed by atoms with Gasteiger partial charge in [0.1, 0.15) is 5.82 Å². The molecule has 76 valence electrons. The number of amides is 1. The number of aliphatic hydroxyl groups excluding tert-OH is 1. The number of nitrogens with two attached hydrogens (primary N) is 1. The van der Waals surface area contributed by atoms with Crippen molar-refractivity contribution in [1.82, 2.24) is 0 Å². The molecule has 0 aliphatic rings. The van der Waals surface area contributed by atoms with Crippen molar-refractivity contribution in [2.75, 3.05) is 18.5 Å². The Morgan fingerprint density at radius 3 is 2.79 bits per heavy atom. The molecule has 0 saturated heterocycles. The van der Waals surface area contributed by atoms with Gasteiger partial charge in [-0.2, -0.15) is 0 Å². The van der Waals surface area contributed by atoms with Gasteiger partial charge < -0.3 is 16.2 Å². The Hall–Kier alpha value is -1.62. The predicted octanol–water partition coefficient (Wildman–Crippen LogP) is 0.329. The minimum absolute atomic E-state index is 0.0425. The second kappa shape index (κ2) is 4.57. The molecule has 5 heteroatoms. The Balaban J connectivity index is 2.83. The van der Waals surface area contributed by atoms with Gasteiger partial charge in [0.15, 0.2) is 0 Å². The molecule has 1 aromatic rings. The molecule has 0 spiro atoms. The highest BCUT2D eigenvalue weighted by Crippen LogP contribution is 2.13. The number of halogens is 1. The Bertz CT molecular complexity index is 342. The fourth-order valence-corrected chi connectivity index (χ4v) is 1.03. The molecule has 0 atom stereocenters. The number of benzene rings is 1. The Morgan fingerprint density at radius 1 is 1.57 bits per heavy atom. The number of nitrogens with one attached hydrogen (secondary N) is 1. The first-order chi connectivity index (χ1) is 6.65. The van der Waals surface area contributed by atoms with Crippen LogP contribution in [0.1, 0.15) is 10.4 Å². The number of rotatable bonds is 4. The summed E-state index contributed by atoms with van der Waals surface area (Å²) in [4.78, 5) is 10.7. The van der Waals surface area contributed by atoms with E-state index in [1.165, 1.54) is 12.1 Å². The zero-order valence-electron chi connectivity index (χ0n) is 7.46. The highest BCUT2D eigenvalue weighted by atomic mass is 19.1. The summed E-state index contributed by atoms with van der Waals surface area (Å²) in [6.45, 7) is 0.286. The fourth-order valence-electron chi connectivity index (χ4n) is 1.03. The van der Waals surface area contributed by atoms with Crippen LogP contribution < -0.4 is 11.1 Å². The third kappa shape index (κ3) is 2.43. The molecule has 0 saturated carbocycles. The maximum absolute atomic E-state index is 13.1. The lowest BCUT2D eigenvalue weighted by atomic mass is 10.2. The van der Waals surface area contributed by atoms with E-state index < -0.39 is 11.7 Å². The molecule has 1 rings (SSSR count). The Labute approximate surface area is 80.5 Å². The maximum Gasteiger partial charge on any atom is 0.251 e. The van der Waals surface area contributed by atoms with Crippen LogP contribution in [0.5, 0.6) is 0 Å². The van der Waals surface area contributed by atoms with E-state index in [2.05, 4.69) is 5.32 Å². The van der Waals surface area contributed by atoms with Crippen LogP contribution in [-0.2, 0) is 0 Å². The van der Waals surface area contributed by atoms with Crippen molar-refractivity contribution in [3.8, 4) is 0 Å². The second-order valence-corrected chi connectivity index (χ2v) is 2.71. The van der Waals surface area contributed by atoms with Crippen LogP contribution >= 0.6 is 0 Å². The zero-order valence-corrected chi connectivity index (χ0v) is 7.46. The lowest BCUT2D eigenvalue weighted by molar-refractivity contribution is 0.0996. The van der Waals surface area contributed by atoms with Crippen molar-refractivity contribution >= 4 is 11.6 Å². The highest BCUT2D eigenvalue weighted by Gasteiger charge is 2.07. The van der Waals surface area contributed by atoms with Crippen LogP contribution in [0.25, 0.3) is 0 Å². The van der Waals surface area contributed by atoms with E-state index in [0.717, 1.165) is 6.07 Å². The van der Waals surface area contributed by atoms with Gasteiger partial charge in [0, 0.05) is 12.2 Å². The van der Waals surface area contributed by atoms with Crippen LogP contribution in [-0.4, -0.2) is 24.2 Å². The van der Waals surface area contributed by atoms with Crippen molar-refractivity contribution in [3.05, 3.63) is 29.6 Å². The molecule has 4 N–H and O–H groups in total. The van der Waals surface area contributed by atoms with E-state index in [0.29, 0.717) is 12.2 Å². The quantitative estimate of drug-likeness (QED) is 0.652. The number of hydrogen-bond acceptors (Lipinski definition) is 3. The van der Waals surface area contributed by atoms with Crippen molar-refractivity contribution < 1.29 is 14.3 Å². The summed E-state index contributed by atoms with van der Waals surface area (Å²) >= 11 is 0. The SMILES string of the molecule is NC(=O)c1ccc(NCCO)cc1F. The van der Waals surface area contributed by atoms with Gasteiger partial charge in [0.05, 0.1) is 12.2 Å². The molecular weight excluding hydrogens is 187 g/mol. The second-order valence-electron chi connectivity index (χ2n) is 2.71. The molecule has 0 aromatic heterocycles. The first-order valence-corrected chi connectivity index (χ1v) is 4.09. The number of carbonyl (C=O) groups excluding carboxylic acids is 1. The fraction of sp³-hybridized carbons (Fsp3) is 0.222. The van der Waals surface area contributed by atoms with Crippen molar-refractivity contribution in [2.45, 2.75) is 0 Å². The van der Waals surface area contributed by atoms with Gasteiger partial charge in [-0.3, -0.25) is 4.79 Å². The van der Waals surface area contributed by atoms with Gasteiger partial charge in [-0.15, -0.1) is 0 Å². The summed E-state index contributed by atoms with van der Waals surface area (Å²) < 4.78 is 13.1. The minimum atomic E-state index is -0.795. The molecule has 0 radical (unpaired) electrons. The zero-order chi connectivity index (χ0) is 10.6. The van der Waals surface area contributed by atoms with Crippen molar-refractivity contribution in [1.29, 1.82) is 0 Å². The summed E-state index contributed by atoms with van der Waals surface area (Å²) in [5.74, 6) is -1.46. The summed E-state index contributed by atoms with van der Waals surface area (Å²) in [6, 6.07) is 3.99. The number of primary amides is 1. The molecule has 1 amide bonds. The van der Waals surface area contributed by atoms with Crippen LogP contribution in [0, 0.1) is 5.82 Å². The topological polar surface area (TPSA) is 75.4 Å². The molecule has 0 aliphatic carbocycles. The first-order valence-electron chi connectivity index (χ1n) is 4.09. The van der Waals surface area contributed by atoms with E-state index in [1.807, 2.05) is 0 Å². The lowest BCUT2D eigenvalue weighted by Crippen LogP contribution is -2.13. The van der Waals surface area contributed by atoms with Crippen molar-refractivity contribution in [2.24, 2.45) is 5.73 Å². The molecule has 4 nitrogen and oxygen atoms in total. The van der Waals surface area contributed by atoms with Gasteiger partial charge in [-0.1, -0.05) is 0 Å². The molecule has 0 aliphatic heterocycles. The molecule has 1 aromatic carbocycles. The standard InChI is InChI=1S/C9H11FN2O2/c10-8-5-6(12-3-4-13)1-2-7(8)9(11)14/h1-2,5,12-13H,3-4H2,(H2,11,14). The minimum Gasteiger partial charge on any atom is -0.395 e. The molecule has 0 heterocycles. The summed E-state index contributed by atoms with van der Waals surface area (Å²) in [6.07, 6.45) is 0. The van der Waals surface area contributed by atoms with E-state index >= 15 is 0 Å². The van der Waals surface area contributed by atoms with Gasteiger partial charge in [-0.25, -0.2) is 4.39 Å². The van der Waals surface area contributed by atoms with E-state index in [1.54, 1.807) is 0 Å². The van der Waals surface area contributed by atoms with Gasteiger partial charge in [0.2, 0.25) is 0 Å². The number of aliphatic hydroxyl groups is 1. The Morgan fingerprint density at radius 2 is 2.29 bits per heavy atom. The van der Waals surface area contributed by atoms with Gasteiger partial charge in [-0.05, 0) is 18.2 Å². The third-order valence-corrected chi connectivity index (χ3v) is 1.68. The molecule has 14 heavy (non-hydrogen) atoms. The van der Waals surface area contributed by atoms with E-state index in [4.69, 9.17) is 10.8 Å². The van der Waals surface area contributed by atoms with Crippen LogP contribution in [0.2, 0.25) is 0 Å². The molecule has 0 bridgehead atoms. The monoisotopic (exact) mass is 198 g/mol. The number of anilines is 1. The average Bonchev–Trinajstić information content (AvgIpc) is 2.14. The van der Waals surface area contributed by atoms with E-state index in [9.17, 15) is 9.18 Å². The smallest absolute Gasteiger partial charge is 0.251 e. The van der Waals surface area contributed by atoms with E-state index in [-0.39, 0.29) is 12.2 Å². The number of hydrogen-bond donors (Lipinski definition) is 3. The van der Waals surface area contributed by atoms with Crippen molar-refractivity contribution in [3.63, 3.8) is 0 Å². The number of carbonyl (C=O) groups is 1. The predicted molar refractivity (Wildman–Crippen MR) is 50.5 cm³/mol. The largest absolute Gasteiger partial charge is 0.395 e. The maximum atomic E-state index is 13.1. The first kappa shape index (κ1) is 10.5. The Kier molecular flexibility index (Phi) is 3.41. The molecular formula is C9H11FN2O2. The highest BCUT2D eigenvalue weighted by molar-refractivity contribution is 5.93. The third-order valence-electron chi connectivity index (χ3n) is 1.68. The van der Waals surface area contributed by atoms with Crippen LogP contribution in [0.4, 0.5) is 10.1 Å². The summed E-state index contributed by atoms with van der Waals surface area (Å²) in [7, 11) is 0. The molecule has 0 unspecified atom stereocenters. The van der Waals surface area contributed by atoms with Gasteiger partial charge >= 0.3 is 0 Å². The van der Waals surface area contributed by atoms with Crippen LogP contribution in [0.3, 0.4) is 0 Å². The lowest BCUT2D eigenvalue weighted by Gasteiger charge is -2.05. The van der Waals surface area contributed by atoms with Gasteiger partial charge in [0.25, 0.3) is 5.91 Å². The average molecular weight is 198 g/mol.